The Balaban J connectivity index is 1.83. The van der Waals surface area contributed by atoms with Crippen molar-refractivity contribution in [2.24, 2.45) is 0 Å². The zero-order chi connectivity index (χ0) is 12.1. The van der Waals surface area contributed by atoms with Crippen LogP contribution in [0, 0.1) is 0 Å². The van der Waals surface area contributed by atoms with Gasteiger partial charge >= 0.3 is 0 Å². The molecule has 0 spiro atoms. The van der Waals surface area contributed by atoms with Crippen LogP contribution < -0.4 is 11.1 Å². The highest BCUT2D eigenvalue weighted by atomic mass is 79.9. The lowest BCUT2D eigenvalue weighted by Crippen LogP contribution is -2.05. The van der Waals surface area contributed by atoms with Crippen molar-refractivity contribution in [3.05, 3.63) is 34.3 Å². The highest BCUT2D eigenvalue weighted by molar-refractivity contribution is 9.10. The van der Waals surface area contributed by atoms with Gasteiger partial charge < -0.3 is 11.1 Å². The summed E-state index contributed by atoms with van der Waals surface area (Å²) in [4.78, 5) is 0. The van der Waals surface area contributed by atoms with Gasteiger partial charge in [-0.05, 0) is 66.2 Å². The van der Waals surface area contributed by atoms with Crippen molar-refractivity contribution in [3.63, 3.8) is 0 Å². The monoisotopic (exact) mass is 294 g/mol. The van der Waals surface area contributed by atoms with Crippen LogP contribution in [-0.2, 0) is 0 Å². The minimum Gasteiger partial charge on any atom is -0.399 e. The summed E-state index contributed by atoms with van der Waals surface area (Å²) in [6.07, 6.45) is 8.82. The molecule has 0 heterocycles. The first-order valence-electron chi connectivity index (χ1n) is 6.22. The Kier molecular flexibility index (Phi) is 4.49. The molecule has 1 aromatic carbocycles. The molecule has 92 valence electrons. The van der Waals surface area contributed by atoms with Crippen LogP contribution in [0.3, 0.4) is 0 Å². The molecule has 0 atom stereocenters. The predicted octanol–water partition coefficient (Wildman–Crippen LogP) is 4.33. The first-order chi connectivity index (χ1) is 8.25. The van der Waals surface area contributed by atoms with Crippen LogP contribution in [0.5, 0.6) is 0 Å². The van der Waals surface area contributed by atoms with Gasteiger partial charge in [-0.2, -0.15) is 0 Å². The lowest BCUT2D eigenvalue weighted by atomic mass is 9.97. The second-order valence-corrected chi connectivity index (χ2v) is 5.38. The third kappa shape index (κ3) is 3.77. The Morgan fingerprint density at radius 2 is 2.18 bits per heavy atom. The number of anilines is 2. The molecule has 1 aliphatic rings. The minimum atomic E-state index is 0.789. The van der Waals surface area contributed by atoms with Gasteiger partial charge in [0.1, 0.15) is 0 Å². The number of nitrogens with one attached hydrogen (secondary N) is 1. The first kappa shape index (κ1) is 12.5. The van der Waals surface area contributed by atoms with Crippen molar-refractivity contribution in [2.75, 3.05) is 17.6 Å². The Labute approximate surface area is 111 Å². The molecule has 1 aromatic rings. The van der Waals surface area contributed by atoms with E-state index in [0.29, 0.717) is 0 Å². The van der Waals surface area contributed by atoms with Crippen LogP contribution in [-0.4, -0.2) is 6.54 Å². The number of rotatable bonds is 4. The van der Waals surface area contributed by atoms with Crippen molar-refractivity contribution in [1.29, 1.82) is 0 Å². The smallest absolute Gasteiger partial charge is 0.0486 e. The molecule has 1 aliphatic carbocycles. The van der Waals surface area contributed by atoms with Crippen molar-refractivity contribution < 1.29 is 0 Å². The summed E-state index contributed by atoms with van der Waals surface area (Å²) in [6.45, 7) is 0.994. The molecule has 0 fully saturated rings. The molecule has 0 aromatic heterocycles. The van der Waals surface area contributed by atoms with Crippen LogP contribution in [0.4, 0.5) is 11.4 Å². The van der Waals surface area contributed by atoms with Gasteiger partial charge in [-0.3, -0.25) is 0 Å². The fourth-order valence-corrected chi connectivity index (χ4v) is 2.70. The molecule has 0 saturated carbocycles. The number of nitrogen functional groups attached to an aromatic ring is 1. The molecule has 3 N–H and O–H groups in total. The van der Waals surface area contributed by atoms with Gasteiger partial charge in [0.25, 0.3) is 0 Å². The van der Waals surface area contributed by atoms with Crippen LogP contribution in [0.15, 0.2) is 34.3 Å². The maximum Gasteiger partial charge on any atom is 0.0486 e. The molecule has 0 saturated heterocycles. The molecular weight excluding hydrogens is 276 g/mol. The van der Waals surface area contributed by atoms with Crippen LogP contribution >= 0.6 is 15.9 Å². The van der Waals surface area contributed by atoms with E-state index in [-0.39, 0.29) is 0 Å². The molecule has 0 unspecified atom stereocenters. The second-order valence-electron chi connectivity index (χ2n) is 4.52. The minimum absolute atomic E-state index is 0.789. The van der Waals surface area contributed by atoms with E-state index in [2.05, 4.69) is 27.3 Å². The molecule has 2 rings (SSSR count). The van der Waals surface area contributed by atoms with Crippen LogP contribution in [0.25, 0.3) is 0 Å². The van der Waals surface area contributed by atoms with E-state index in [4.69, 9.17) is 5.73 Å². The van der Waals surface area contributed by atoms with Crippen molar-refractivity contribution in [1.82, 2.24) is 0 Å². The standard InChI is InChI=1S/C14H19BrN2/c15-13-10-12(16)6-7-14(13)17-9-8-11-4-2-1-3-5-11/h4,6-7,10,17H,1-3,5,8-9,16H2. The average Bonchev–Trinajstić information content (AvgIpc) is 2.33. The molecular formula is C14H19BrN2. The number of hydrogen-bond donors (Lipinski definition) is 2. The van der Waals surface area contributed by atoms with E-state index >= 15 is 0 Å². The van der Waals surface area contributed by atoms with Gasteiger partial charge in [0.05, 0.1) is 0 Å². The maximum atomic E-state index is 5.71. The Hall–Kier alpha value is -0.960. The van der Waals surface area contributed by atoms with Crippen molar-refractivity contribution in [2.45, 2.75) is 32.1 Å². The third-order valence-electron chi connectivity index (χ3n) is 3.14. The van der Waals surface area contributed by atoms with E-state index in [9.17, 15) is 0 Å². The predicted molar refractivity (Wildman–Crippen MR) is 78.2 cm³/mol. The number of benzene rings is 1. The van der Waals surface area contributed by atoms with E-state index < -0.39 is 0 Å². The van der Waals surface area contributed by atoms with Gasteiger partial charge in [0.15, 0.2) is 0 Å². The zero-order valence-electron chi connectivity index (χ0n) is 10.0. The fourth-order valence-electron chi connectivity index (χ4n) is 2.16. The largest absolute Gasteiger partial charge is 0.399 e. The number of halogens is 1. The summed E-state index contributed by atoms with van der Waals surface area (Å²) >= 11 is 3.52. The highest BCUT2D eigenvalue weighted by Crippen LogP contribution is 2.25. The SMILES string of the molecule is Nc1ccc(NCCC2=CCCCC2)c(Br)c1. The molecule has 3 heteroatoms. The average molecular weight is 295 g/mol. The Morgan fingerprint density at radius 3 is 2.88 bits per heavy atom. The van der Waals surface area contributed by atoms with Gasteiger partial charge in [-0.1, -0.05) is 11.6 Å². The highest BCUT2D eigenvalue weighted by Gasteiger charge is 2.04. The fraction of sp³-hybridized carbons (Fsp3) is 0.429. The summed E-state index contributed by atoms with van der Waals surface area (Å²) < 4.78 is 1.04. The Bertz CT molecular complexity index is 413. The summed E-state index contributed by atoms with van der Waals surface area (Å²) in [5.74, 6) is 0. The summed E-state index contributed by atoms with van der Waals surface area (Å²) in [5.41, 5.74) is 9.22. The Morgan fingerprint density at radius 1 is 1.29 bits per heavy atom. The molecule has 0 amide bonds. The second kappa shape index (κ2) is 6.10. The van der Waals surface area contributed by atoms with Gasteiger partial charge in [0, 0.05) is 22.4 Å². The van der Waals surface area contributed by atoms with E-state index in [1.165, 1.54) is 25.7 Å². The lowest BCUT2D eigenvalue weighted by Gasteiger charge is -2.14. The van der Waals surface area contributed by atoms with Crippen LogP contribution in [0.1, 0.15) is 32.1 Å². The first-order valence-corrected chi connectivity index (χ1v) is 7.02. The summed E-state index contributed by atoms with van der Waals surface area (Å²) in [5, 5.41) is 3.44. The summed E-state index contributed by atoms with van der Waals surface area (Å²) in [6, 6.07) is 5.88. The lowest BCUT2D eigenvalue weighted by molar-refractivity contribution is 0.679. The number of allylic oxidation sites excluding steroid dienone is 1. The molecule has 17 heavy (non-hydrogen) atoms. The van der Waals surface area contributed by atoms with Gasteiger partial charge in [-0.15, -0.1) is 0 Å². The molecule has 0 bridgehead atoms. The quantitative estimate of drug-likeness (QED) is 0.641. The van der Waals surface area contributed by atoms with Gasteiger partial charge in [-0.25, -0.2) is 0 Å². The molecule has 2 nitrogen and oxygen atoms in total. The molecule has 0 radical (unpaired) electrons. The van der Waals surface area contributed by atoms with Gasteiger partial charge in [0.2, 0.25) is 0 Å². The topological polar surface area (TPSA) is 38.0 Å². The normalized spacial score (nSPS) is 15.5. The van der Waals surface area contributed by atoms with Crippen LogP contribution in [0.2, 0.25) is 0 Å². The van der Waals surface area contributed by atoms with E-state index in [1.807, 2.05) is 18.2 Å². The molecule has 0 aliphatic heterocycles. The van der Waals surface area contributed by atoms with E-state index in [1.54, 1.807) is 5.57 Å². The number of nitrogens with two attached hydrogens (primary N) is 1. The van der Waals surface area contributed by atoms with E-state index in [0.717, 1.165) is 28.8 Å². The summed E-state index contributed by atoms with van der Waals surface area (Å²) in [7, 11) is 0. The third-order valence-corrected chi connectivity index (χ3v) is 3.80. The number of hydrogen-bond acceptors (Lipinski definition) is 2. The zero-order valence-corrected chi connectivity index (χ0v) is 11.6. The van der Waals surface area contributed by atoms with Crippen molar-refractivity contribution >= 4 is 27.3 Å². The maximum absolute atomic E-state index is 5.71. The van der Waals surface area contributed by atoms with Crippen molar-refractivity contribution in [3.8, 4) is 0 Å².